The van der Waals surface area contributed by atoms with Crippen molar-refractivity contribution < 1.29 is 14.6 Å². The number of carbonyl (C=O) groups is 1. The number of benzene rings is 1. The maximum Gasteiger partial charge on any atom is 0.335 e. The van der Waals surface area contributed by atoms with Crippen LogP contribution in [0.15, 0.2) is 30.3 Å². The first kappa shape index (κ1) is 13.4. The predicted molar refractivity (Wildman–Crippen MR) is 75.8 cm³/mol. The fraction of sp³-hybridized carbons (Fsp3) is 0.214. The third-order valence-electron chi connectivity index (χ3n) is 2.69. The van der Waals surface area contributed by atoms with E-state index in [1.54, 1.807) is 17.4 Å². The number of nitrogens with two attached hydrogens (primary N) is 1. The lowest BCUT2D eigenvalue weighted by Gasteiger charge is -2.08. The lowest BCUT2D eigenvalue weighted by atomic mass is 10.2. The quantitative estimate of drug-likeness (QED) is 0.823. The van der Waals surface area contributed by atoms with E-state index >= 15 is 0 Å². The third-order valence-corrected chi connectivity index (χ3v) is 3.90. The SMILES string of the molecule is CCc1ccc(COc2ccc(C(=O)O)cc2N)s1. The second-order valence-electron chi connectivity index (χ2n) is 4.07. The lowest BCUT2D eigenvalue weighted by molar-refractivity contribution is 0.0697. The van der Waals surface area contributed by atoms with Gasteiger partial charge in [0, 0.05) is 9.75 Å². The number of aromatic carboxylic acids is 1. The highest BCUT2D eigenvalue weighted by molar-refractivity contribution is 7.11. The molecule has 0 radical (unpaired) electrons. The van der Waals surface area contributed by atoms with E-state index in [-0.39, 0.29) is 5.56 Å². The molecule has 1 aromatic carbocycles. The molecule has 0 spiro atoms. The van der Waals surface area contributed by atoms with Crippen molar-refractivity contribution in [1.29, 1.82) is 0 Å². The topological polar surface area (TPSA) is 72.5 Å². The molecule has 0 amide bonds. The number of aryl methyl sites for hydroxylation is 1. The Morgan fingerprint density at radius 3 is 2.63 bits per heavy atom. The number of carboxylic acid groups (broad SMARTS) is 1. The second-order valence-corrected chi connectivity index (χ2v) is 5.32. The van der Waals surface area contributed by atoms with Gasteiger partial charge in [0.25, 0.3) is 0 Å². The highest BCUT2D eigenvalue weighted by Gasteiger charge is 2.07. The molecule has 0 atom stereocenters. The van der Waals surface area contributed by atoms with Crippen LogP contribution in [0.4, 0.5) is 5.69 Å². The number of carboxylic acids is 1. The van der Waals surface area contributed by atoms with Gasteiger partial charge in [0.1, 0.15) is 12.4 Å². The van der Waals surface area contributed by atoms with E-state index in [0.29, 0.717) is 18.0 Å². The van der Waals surface area contributed by atoms with Gasteiger partial charge in [0.05, 0.1) is 11.3 Å². The Morgan fingerprint density at radius 2 is 2.05 bits per heavy atom. The van der Waals surface area contributed by atoms with E-state index in [2.05, 4.69) is 13.0 Å². The Balaban J connectivity index is 2.05. The van der Waals surface area contributed by atoms with Gasteiger partial charge in [-0.25, -0.2) is 4.79 Å². The fourth-order valence-corrected chi connectivity index (χ4v) is 2.52. The van der Waals surface area contributed by atoms with E-state index in [9.17, 15) is 4.79 Å². The maximum absolute atomic E-state index is 10.8. The summed E-state index contributed by atoms with van der Waals surface area (Å²) in [4.78, 5) is 13.2. The first-order valence-corrected chi connectivity index (χ1v) is 6.75. The van der Waals surface area contributed by atoms with Gasteiger partial charge in [0.15, 0.2) is 0 Å². The highest BCUT2D eigenvalue weighted by Crippen LogP contribution is 2.25. The van der Waals surface area contributed by atoms with E-state index < -0.39 is 5.97 Å². The van der Waals surface area contributed by atoms with Gasteiger partial charge in [-0.15, -0.1) is 11.3 Å². The molecule has 1 heterocycles. The van der Waals surface area contributed by atoms with Crippen LogP contribution in [0.2, 0.25) is 0 Å². The Labute approximate surface area is 115 Å². The number of hydrogen-bond donors (Lipinski definition) is 2. The predicted octanol–water partition coefficient (Wildman–Crippen LogP) is 3.17. The van der Waals surface area contributed by atoms with Gasteiger partial charge in [-0.2, -0.15) is 0 Å². The van der Waals surface area contributed by atoms with Gasteiger partial charge in [0.2, 0.25) is 0 Å². The van der Waals surface area contributed by atoms with E-state index in [0.717, 1.165) is 11.3 Å². The summed E-state index contributed by atoms with van der Waals surface area (Å²) in [5, 5.41) is 8.84. The Morgan fingerprint density at radius 1 is 1.32 bits per heavy atom. The third kappa shape index (κ3) is 3.26. The van der Waals surface area contributed by atoms with Gasteiger partial charge >= 0.3 is 5.97 Å². The van der Waals surface area contributed by atoms with Crippen LogP contribution in [-0.2, 0) is 13.0 Å². The van der Waals surface area contributed by atoms with Gasteiger partial charge in [-0.1, -0.05) is 6.92 Å². The molecule has 0 aliphatic rings. The van der Waals surface area contributed by atoms with Crippen LogP contribution in [0, 0.1) is 0 Å². The van der Waals surface area contributed by atoms with Crippen LogP contribution in [0.5, 0.6) is 5.75 Å². The molecular formula is C14H15NO3S. The van der Waals surface area contributed by atoms with Crippen LogP contribution in [0.1, 0.15) is 27.0 Å². The summed E-state index contributed by atoms with van der Waals surface area (Å²) in [6, 6.07) is 8.60. The highest BCUT2D eigenvalue weighted by atomic mass is 32.1. The first-order chi connectivity index (χ1) is 9.10. The molecule has 2 aromatic rings. The monoisotopic (exact) mass is 277 g/mol. The second kappa shape index (κ2) is 5.75. The summed E-state index contributed by atoms with van der Waals surface area (Å²) >= 11 is 1.71. The summed E-state index contributed by atoms with van der Waals surface area (Å²) < 4.78 is 5.61. The molecule has 0 bridgehead atoms. The summed E-state index contributed by atoms with van der Waals surface area (Å²) in [5.41, 5.74) is 6.27. The van der Waals surface area contributed by atoms with Crippen molar-refractivity contribution in [2.45, 2.75) is 20.0 Å². The average Bonchev–Trinajstić information content (AvgIpc) is 2.85. The van der Waals surface area contributed by atoms with Gasteiger partial charge in [-0.05, 0) is 36.8 Å². The van der Waals surface area contributed by atoms with Gasteiger partial charge in [-0.3, -0.25) is 0 Å². The summed E-state index contributed by atoms with van der Waals surface area (Å²) in [6.45, 7) is 2.56. The van der Waals surface area contributed by atoms with Crippen LogP contribution in [0.25, 0.3) is 0 Å². The molecule has 19 heavy (non-hydrogen) atoms. The summed E-state index contributed by atoms with van der Waals surface area (Å²) in [7, 11) is 0. The van der Waals surface area contributed by atoms with Crippen molar-refractivity contribution in [3.05, 3.63) is 45.6 Å². The van der Waals surface area contributed by atoms with Crippen LogP contribution >= 0.6 is 11.3 Å². The molecule has 0 aliphatic heterocycles. The number of ether oxygens (including phenoxy) is 1. The van der Waals surface area contributed by atoms with E-state index in [4.69, 9.17) is 15.6 Å². The molecule has 3 N–H and O–H groups in total. The Bertz CT molecular complexity index is 592. The lowest BCUT2D eigenvalue weighted by Crippen LogP contribution is -2.01. The fourth-order valence-electron chi connectivity index (χ4n) is 1.65. The minimum Gasteiger partial charge on any atom is -0.486 e. The van der Waals surface area contributed by atoms with Crippen molar-refractivity contribution >= 4 is 23.0 Å². The van der Waals surface area contributed by atoms with Crippen molar-refractivity contribution in [3.63, 3.8) is 0 Å². The van der Waals surface area contributed by atoms with Crippen molar-refractivity contribution in [3.8, 4) is 5.75 Å². The molecule has 5 heteroatoms. The molecule has 2 rings (SSSR count). The number of hydrogen-bond acceptors (Lipinski definition) is 4. The molecular weight excluding hydrogens is 262 g/mol. The molecule has 0 fully saturated rings. The van der Waals surface area contributed by atoms with Crippen molar-refractivity contribution in [1.82, 2.24) is 0 Å². The number of anilines is 1. The zero-order valence-corrected chi connectivity index (χ0v) is 11.4. The van der Waals surface area contributed by atoms with Crippen molar-refractivity contribution in [2.75, 3.05) is 5.73 Å². The average molecular weight is 277 g/mol. The summed E-state index contributed by atoms with van der Waals surface area (Å²) in [5.74, 6) is -0.486. The molecule has 4 nitrogen and oxygen atoms in total. The molecule has 0 unspecified atom stereocenters. The number of thiophene rings is 1. The number of nitrogen functional groups attached to an aromatic ring is 1. The van der Waals surface area contributed by atoms with Crippen molar-refractivity contribution in [2.24, 2.45) is 0 Å². The molecule has 0 saturated heterocycles. The number of rotatable bonds is 5. The first-order valence-electron chi connectivity index (χ1n) is 5.93. The van der Waals surface area contributed by atoms with E-state index in [1.807, 2.05) is 6.07 Å². The Kier molecular flexibility index (Phi) is 4.06. The van der Waals surface area contributed by atoms with Gasteiger partial charge < -0.3 is 15.6 Å². The zero-order valence-electron chi connectivity index (χ0n) is 10.6. The maximum atomic E-state index is 10.8. The van der Waals surface area contributed by atoms with Crippen LogP contribution in [0.3, 0.4) is 0 Å². The zero-order chi connectivity index (χ0) is 13.8. The molecule has 0 saturated carbocycles. The molecule has 0 aliphatic carbocycles. The smallest absolute Gasteiger partial charge is 0.335 e. The minimum absolute atomic E-state index is 0.161. The van der Waals surface area contributed by atoms with Crippen LogP contribution in [-0.4, -0.2) is 11.1 Å². The van der Waals surface area contributed by atoms with Crippen LogP contribution < -0.4 is 10.5 Å². The molecule has 1 aromatic heterocycles. The van der Waals surface area contributed by atoms with E-state index in [1.165, 1.54) is 17.0 Å². The normalized spacial score (nSPS) is 10.4. The largest absolute Gasteiger partial charge is 0.486 e. The summed E-state index contributed by atoms with van der Waals surface area (Å²) in [6.07, 6.45) is 1.01. The Hall–Kier alpha value is -2.01. The minimum atomic E-state index is -0.996. The molecule has 100 valence electrons. The standard InChI is InChI=1S/C14H15NO3S/c1-2-10-4-5-11(19-10)8-18-13-6-3-9(14(16)17)7-12(13)15/h3-7H,2,8,15H2,1H3,(H,16,17).